The van der Waals surface area contributed by atoms with Crippen LogP contribution in [0.5, 0.6) is 0 Å². The number of carbonyl (C=O) groups excluding carboxylic acids is 2. The highest BCUT2D eigenvalue weighted by atomic mass is 16.6. The van der Waals surface area contributed by atoms with E-state index in [4.69, 9.17) is 15.2 Å². The summed E-state index contributed by atoms with van der Waals surface area (Å²) in [7, 11) is 0. The summed E-state index contributed by atoms with van der Waals surface area (Å²) in [6, 6.07) is 15.7. The van der Waals surface area contributed by atoms with Gasteiger partial charge in [0.05, 0.1) is 12.5 Å². The lowest BCUT2D eigenvalue weighted by Gasteiger charge is -2.22. The number of esters is 1. The van der Waals surface area contributed by atoms with Crippen molar-refractivity contribution in [2.24, 2.45) is 5.73 Å². The molecule has 3 N–H and O–H groups in total. The SMILES string of the molecule is CC(C)(C)OC(=O)C[C@@H](CN)NC(=O)OCC1c2ccccc2-c2ccccc21. The number of benzene rings is 2. The van der Waals surface area contributed by atoms with E-state index in [-0.39, 0.29) is 25.5 Å². The Kier molecular flexibility index (Phi) is 6.23. The molecule has 0 spiro atoms. The van der Waals surface area contributed by atoms with Crippen molar-refractivity contribution in [2.75, 3.05) is 13.2 Å². The average molecular weight is 396 g/mol. The molecule has 0 aromatic heterocycles. The predicted octanol–water partition coefficient (Wildman–Crippen LogP) is 3.58. The molecule has 154 valence electrons. The highest BCUT2D eigenvalue weighted by Gasteiger charge is 2.29. The Balaban J connectivity index is 1.60. The minimum Gasteiger partial charge on any atom is -0.460 e. The summed E-state index contributed by atoms with van der Waals surface area (Å²) in [6.45, 7) is 5.71. The number of hydrogen-bond donors (Lipinski definition) is 2. The quantitative estimate of drug-likeness (QED) is 0.728. The second-order valence-electron chi connectivity index (χ2n) is 8.19. The molecular formula is C23H28N2O4. The number of fused-ring (bicyclic) bond motifs is 3. The maximum Gasteiger partial charge on any atom is 0.407 e. The maximum atomic E-state index is 12.3. The number of alkyl carbamates (subject to hydrolysis) is 1. The van der Waals surface area contributed by atoms with Crippen LogP contribution in [0.1, 0.15) is 44.2 Å². The van der Waals surface area contributed by atoms with Crippen LogP contribution < -0.4 is 11.1 Å². The van der Waals surface area contributed by atoms with Gasteiger partial charge in [-0.15, -0.1) is 0 Å². The van der Waals surface area contributed by atoms with Gasteiger partial charge in [-0.05, 0) is 43.0 Å². The zero-order valence-corrected chi connectivity index (χ0v) is 17.1. The van der Waals surface area contributed by atoms with Gasteiger partial charge in [-0.25, -0.2) is 4.79 Å². The van der Waals surface area contributed by atoms with Gasteiger partial charge < -0.3 is 20.5 Å². The Bertz CT molecular complexity index is 843. The second kappa shape index (κ2) is 8.66. The highest BCUT2D eigenvalue weighted by Crippen LogP contribution is 2.44. The third kappa shape index (κ3) is 5.15. The molecule has 6 nitrogen and oxygen atoms in total. The third-order valence-corrected chi connectivity index (χ3v) is 4.78. The van der Waals surface area contributed by atoms with Gasteiger partial charge in [0.15, 0.2) is 0 Å². The molecule has 2 aromatic rings. The van der Waals surface area contributed by atoms with E-state index in [0.717, 1.165) is 11.1 Å². The molecular weight excluding hydrogens is 368 g/mol. The van der Waals surface area contributed by atoms with Crippen molar-refractivity contribution >= 4 is 12.1 Å². The van der Waals surface area contributed by atoms with Crippen molar-refractivity contribution in [2.45, 2.75) is 44.8 Å². The third-order valence-electron chi connectivity index (χ3n) is 4.78. The lowest BCUT2D eigenvalue weighted by atomic mass is 9.98. The summed E-state index contributed by atoms with van der Waals surface area (Å²) in [6.07, 6.45) is -0.594. The van der Waals surface area contributed by atoms with Crippen LogP contribution in [0.3, 0.4) is 0 Å². The Morgan fingerprint density at radius 1 is 1.03 bits per heavy atom. The molecule has 0 heterocycles. The number of amides is 1. The molecule has 1 aliphatic rings. The molecule has 0 bridgehead atoms. The van der Waals surface area contributed by atoms with E-state index in [9.17, 15) is 9.59 Å². The lowest BCUT2D eigenvalue weighted by Crippen LogP contribution is -2.43. The highest BCUT2D eigenvalue weighted by molar-refractivity contribution is 5.79. The molecule has 1 amide bonds. The van der Waals surface area contributed by atoms with E-state index in [1.54, 1.807) is 20.8 Å². The first kappa shape index (κ1) is 20.9. The molecule has 1 aliphatic carbocycles. The molecule has 6 heteroatoms. The molecule has 1 atom stereocenters. The summed E-state index contributed by atoms with van der Waals surface area (Å²) in [5, 5.41) is 2.67. The van der Waals surface area contributed by atoms with Crippen molar-refractivity contribution in [1.29, 1.82) is 0 Å². The van der Waals surface area contributed by atoms with Crippen LogP contribution in [0.15, 0.2) is 48.5 Å². The monoisotopic (exact) mass is 396 g/mol. The molecule has 0 fully saturated rings. The molecule has 0 aliphatic heterocycles. The fourth-order valence-electron chi connectivity index (χ4n) is 3.58. The first-order valence-electron chi connectivity index (χ1n) is 9.82. The molecule has 0 saturated carbocycles. The van der Waals surface area contributed by atoms with Crippen molar-refractivity contribution in [3.63, 3.8) is 0 Å². The molecule has 0 saturated heterocycles. The molecule has 29 heavy (non-hydrogen) atoms. The first-order valence-corrected chi connectivity index (χ1v) is 9.82. The molecule has 0 radical (unpaired) electrons. The summed E-state index contributed by atoms with van der Waals surface area (Å²) in [4.78, 5) is 24.3. The van der Waals surface area contributed by atoms with Crippen LogP contribution in [-0.4, -0.2) is 36.9 Å². The first-order chi connectivity index (χ1) is 13.8. The smallest absolute Gasteiger partial charge is 0.407 e. The molecule has 3 rings (SSSR count). The second-order valence-corrected chi connectivity index (χ2v) is 8.19. The number of ether oxygens (including phenoxy) is 2. The minimum atomic E-state index is -0.592. The summed E-state index contributed by atoms with van der Waals surface area (Å²) >= 11 is 0. The Morgan fingerprint density at radius 2 is 1.59 bits per heavy atom. The van der Waals surface area contributed by atoms with E-state index in [0.29, 0.717) is 0 Å². The van der Waals surface area contributed by atoms with Crippen LogP contribution in [-0.2, 0) is 14.3 Å². The van der Waals surface area contributed by atoms with Gasteiger partial charge >= 0.3 is 12.1 Å². The number of carbonyl (C=O) groups is 2. The van der Waals surface area contributed by atoms with Gasteiger partial charge in [-0.1, -0.05) is 48.5 Å². The summed E-state index contributed by atoms with van der Waals surface area (Å²) < 4.78 is 10.8. The number of nitrogens with two attached hydrogens (primary N) is 1. The van der Waals surface area contributed by atoms with Gasteiger partial charge in [0.25, 0.3) is 0 Å². The van der Waals surface area contributed by atoms with E-state index in [1.807, 2.05) is 24.3 Å². The van der Waals surface area contributed by atoms with Crippen molar-refractivity contribution in [3.05, 3.63) is 59.7 Å². The summed E-state index contributed by atoms with van der Waals surface area (Å²) in [5.41, 5.74) is 9.74. The van der Waals surface area contributed by atoms with Crippen molar-refractivity contribution in [1.82, 2.24) is 5.32 Å². The fourth-order valence-corrected chi connectivity index (χ4v) is 3.58. The Hall–Kier alpha value is -2.86. The maximum absolute atomic E-state index is 12.3. The zero-order valence-electron chi connectivity index (χ0n) is 17.1. The normalized spacial score (nSPS) is 13.9. The van der Waals surface area contributed by atoms with Gasteiger partial charge in [0.2, 0.25) is 0 Å². The van der Waals surface area contributed by atoms with Gasteiger partial charge in [0.1, 0.15) is 12.2 Å². The number of rotatable bonds is 6. The standard InChI is InChI=1S/C23H28N2O4/c1-23(2,3)29-21(26)12-15(13-24)25-22(27)28-14-20-18-10-6-4-8-16(18)17-9-5-7-11-19(17)20/h4-11,15,20H,12-14,24H2,1-3H3,(H,25,27)/t15-/m0/s1. The van der Waals surface area contributed by atoms with Crippen LogP contribution in [0, 0.1) is 0 Å². The summed E-state index contributed by atoms with van der Waals surface area (Å²) in [5.74, 6) is -0.428. The van der Waals surface area contributed by atoms with Crippen LogP contribution in [0.4, 0.5) is 4.79 Å². The predicted molar refractivity (Wildman–Crippen MR) is 112 cm³/mol. The van der Waals surface area contributed by atoms with Crippen LogP contribution >= 0.6 is 0 Å². The minimum absolute atomic E-state index is 0.00202. The lowest BCUT2D eigenvalue weighted by molar-refractivity contribution is -0.155. The largest absolute Gasteiger partial charge is 0.460 e. The van der Waals surface area contributed by atoms with Crippen LogP contribution in [0.2, 0.25) is 0 Å². The Labute approximate surface area is 171 Å². The topological polar surface area (TPSA) is 90.6 Å². The zero-order chi connectivity index (χ0) is 21.0. The number of hydrogen-bond acceptors (Lipinski definition) is 5. The van der Waals surface area contributed by atoms with Crippen molar-refractivity contribution < 1.29 is 19.1 Å². The van der Waals surface area contributed by atoms with Gasteiger partial charge in [-0.2, -0.15) is 0 Å². The molecule has 2 aromatic carbocycles. The van der Waals surface area contributed by atoms with Gasteiger partial charge in [-0.3, -0.25) is 4.79 Å². The van der Waals surface area contributed by atoms with Crippen LogP contribution in [0.25, 0.3) is 11.1 Å². The van der Waals surface area contributed by atoms with E-state index >= 15 is 0 Å². The van der Waals surface area contributed by atoms with Gasteiger partial charge in [0, 0.05) is 12.5 Å². The van der Waals surface area contributed by atoms with Crippen molar-refractivity contribution in [3.8, 4) is 11.1 Å². The Morgan fingerprint density at radius 3 is 2.10 bits per heavy atom. The van der Waals surface area contributed by atoms with E-state index < -0.39 is 23.7 Å². The fraction of sp³-hybridized carbons (Fsp3) is 0.391. The average Bonchev–Trinajstić information content (AvgIpc) is 2.98. The van der Waals surface area contributed by atoms with E-state index in [2.05, 4.69) is 29.6 Å². The molecule has 0 unspecified atom stereocenters. The number of nitrogens with one attached hydrogen (secondary N) is 1. The van der Waals surface area contributed by atoms with E-state index in [1.165, 1.54) is 11.1 Å².